The van der Waals surface area contributed by atoms with E-state index in [0.717, 1.165) is 11.1 Å². The quantitative estimate of drug-likeness (QED) is 0.842. The van der Waals surface area contributed by atoms with Gasteiger partial charge in [-0.05, 0) is 44.2 Å². The van der Waals surface area contributed by atoms with Gasteiger partial charge in [0.1, 0.15) is 5.75 Å². The van der Waals surface area contributed by atoms with Gasteiger partial charge in [-0.15, -0.1) is 0 Å². The van der Waals surface area contributed by atoms with E-state index in [2.05, 4.69) is 5.32 Å². The Balaban J connectivity index is 2.29. The first-order valence-corrected chi connectivity index (χ1v) is 6.33. The average Bonchev–Trinajstić information content (AvgIpc) is 2.37. The van der Waals surface area contributed by atoms with Crippen LogP contribution in [0, 0.1) is 13.8 Å². The summed E-state index contributed by atoms with van der Waals surface area (Å²) in [6.45, 7) is 3.93. The highest BCUT2D eigenvalue weighted by Gasteiger charge is 2.11. The second-order valence-corrected chi connectivity index (χ2v) is 4.79. The number of hydrogen-bond donors (Lipinski definition) is 2. The van der Waals surface area contributed by atoms with Gasteiger partial charge in [0.15, 0.2) is 0 Å². The number of nitrogen functional groups attached to an aromatic ring is 1. The summed E-state index contributed by atoms with van der Waals surface area (Å²) in [5, 5.41) is 2.83. The lowest BCUT2D eigenvalue weighted by molar-refractivity contribution is 0.102. The maximum Gasteiger partial charge on any atom is 0.255 e. The molecule has 3 N–H and O–H groups in total. The molecular weight excluding hydrogens is 252 g/mol. The first-order valence-electron chi connectivity index (χ1n) is 6.33. The smallest absolute Gasteiger partial charge is 0.255 e. The van der Waals surface area contributed by atoms with Crippen molar-refractivity contribution in [2.24, 2.45) is 0 Å². The molecule has 0 aromatic heterocycles. The van der Waals surface area contributed by atoms with E-state index in [0.29, 0.717) is 22.7 Å². The molecule has 0 atom stereocenters. The van der Waals surface area contributed by atoms with E-state index in [1.165, 1.54) is 0 Å². The van der Waals surface area contributed by atoms with Crippen LogP contribution in [-0.4, -0.2) is 13.0 Å². The van der Waals surface area contributed by atoms with Crippen molar-refractivity contribution in [3.8, 4) is 5.75 Å². The molecule has 0 radical (unpaired) electrons. The van der Waals surface area contributed by atoms with Crippen molar-refractivity contribution in [2.45, 2.75) is 13.8 Å². The third-order valence-corrected chi connectivity index (χ3v) is 2.96. The van der Waals surface area contributed by atoms with Crippen molar-refractivity contribution in [3.05, 3.63) is 53.1 Å². The molecule has 1 amide bonds. The lowest BCUT2D eigenvalue weighted by Gasteiger charge is -2.11. The summed E-state index contributed by atoms with van der Waals surface area (Å²) in [5.74, 6) is 0.401. The number of hydrogen-bond acceptors (Lipinski definition) is 3. The Labute approximate surface area is 118 Å². The zero-order valence-electron chi connectivity index (χ0n) is 11.9. The number of carbonyl (C=O) groups is 1. The lowest BCUT2D eigenvalue weighted by Crippen LogP contribution is -2.13. The van der Waals surface area contributed by atoms with Crippen LogP contribution in [0.2, 0.25) is 0 Å². The molecule has 4 nitrogen and oxygen atoms in total. The van der Waals surface area contributed by atoms with Gasteiger partial charge < -0.3 is 15.8 Å². The summed E-state index contributed by atoms with van der Waals surface area (Å²) in [6.07, 6.45) is 0. The predicted molar refractivity (Wildman–Crippen MR) is 81.3 cm³/mol. The number of nitrogens with one attached hydrogen (secondary N) is 1. The Bertz CT molecular complexity index is 631. The van der Waals surface area contributed by atoms with Gasteiger partial charge in [-0.25, -0.2) is 0 Å². The van der Waals surface area contributed by atoms with Crippen LogP contribution in [0.4, 0.5) is 11.4 Å². The highest BCUT2D eigenvalue weighted by molar-refractivity contribution is 6.05. The van der Waals surface area contributed by atoms with Crippen LogP contribution in [-0.2, 0) is 0 Å². The van der Waals surface area contributed by atoms with Gasteiger partial charge >= 0.3 is 0 Å². The molecule has 0 aliphatic rings. The van der Waals surface area contributed by atoms with Crippen LogP contribution in [0.1, 0.15) is 21.5 Å². The fourth-order valence-corrected chi connectivity index (χ4v) is 2.12. The summed E-state index contributed by atoms with van der Waals surface area (Å²) in [7, 11) is 1.55. The molecule has 4 heteroatoms. The molecule has 2 rings (SSSR count). The summed E-state index contributed by atoms with van der Waals surface area (Å²) < 4.78 is 5.21. The van der Waals surface area contributed by atoms with Crippen LogP contribution < -0.4 is 15.8 Å². The zero-order chi connectivity index (χ0) is 14.7. The standard InChI is InChI=1S/C16H18N2O2/c1-10-6-11(2)8-12(7-10)16(19)18-14-9-13(17)4-5-15(14)20-3/h4-9H,17H2,1-3H3,(H,18,19). The molecule has 2 aromatic carbocycles. The maximum atomic E-state index is 12.3. The van der Waals surface area contributed by atoms with E-state index < -0.39 is 0 Å². The number of anilines is 2. The molecule has 0 fully saturated rings. The molecule has 0 aliphatic heterocycles. The third kappa shape index (κ3) is 3.09. The number of aryl methyl sites for hydroxylation is 2. The summed E-state index contributed by atoms with van der Waals surface area (Å²) in [5.41, 5.74) is 9.59. The molecule has 0 saturated carbocycles. The van der Waals surface area contributed by atoms with Gasteiger partial charge in [-0.1, -0.05) is 17.2 Å². The molecule has 0 aliphatic carbocycles. The van der Waals surface area contributed by atoms with E-state index in [-0.39, 0.29) is 5.91 Å². The Morgan fingerprint density at radius 2 is 1.75 bits per heavy atom. The number of ether oxygens (including phenoxy) is 1. The minimum Gasteiger partial charge on any atom is -0.495 e. The van der Waals surface area contributed by atoms with Gasteiger partial charge in [-0.2, -0.15) is 0 Å². The zero-order valence-corrected chi connectivity index (χ0v) is 11.9. The van der Waals surface area contributed by atoms with Gasteiger partial charge in [0.05, 0.1) is 12.8 Å². The molecule has 0 unspecified atom stereocenters. The van der Waals surface area contributed by atoms with E-state index in [1.807, 2.05) is 32.0 Å². The van der Waals surface area contributed by atoms with Crippen molar-refractivity contribution in [3.63, 3.8) is 0 Å². The van der Waals surface area contributed by atoms with Gasteiger partial charge in [0, 0.05) is 11.3 Å². The van der Waals surface area contributed by atoms with Crippen LogP contribution in [0.5, 0.6) is 5.75 Å². The Morgan fingerprint density at radius 1 is 1.10 bits per heavy atom. The summed E-state index contributed by atoms with van der Waals surface area (Å²) in [6, 6.07) is 10.9. The minimum atomic E-state index is -0.180. The second kappa shape index (κ2) is 5.65. The Kier molecular flexibility index (Phi) is 3.94. The van der Waals surface area contributed by atoms with Crippen LogP contribution in [0.25, 0.3) is 0 Å². The van der Waals surface area contributed by atoms with Crippen LogP contribution >= 0.6 is 0 Å². The lowest BCUT2D eigenvalue weighted by atomic mass is 10.1. The predicted octanol–water partition coefficient (Wildman–Crippen LogP) is 3.15. The molecule has 0 heterocycles. The van der Waals surface area contributed by atoms with E-state index in [9.17, 15) is 4.79 Å². The van der Waals surface area contributed by atoms with Crippen molar-refractivity contribution < 1.29 is 9.53 Å². The normalized spacial score (nSPS) is 10.2. The highest BCUT2D eigenvalue weighted by Crippen LogP contribution is 2.27. The van der Waals surface area contributed by atoms with E-state index >= 15 is 0 Å². The van der Waals surface area contributed by atoms with Crippen LogP contribution in [0.15, 0.2) is 36.4 Å². The highest BCUT2D eigenvalue weighted by atomic mass is 16.5. The molecular formula is C16H18N2O2. The summed E-state index contributed by atoms with van der Waals surface area (Å²) in [4.78, 5) is 12.3. The molecule has 0 bridgehead atoms. The van der Waals surface area contributed by atoms with Gasteiger partial charge in [-0.3, -0.25) is 4.79 Å². The molecule has 104 valence electrons. The minimum absolute atomic E-state index is 0.180. The number of amides is 1. The van der Waals surface area contributed by atoms with Crippen LogP contribution in [0.3, 0.4) is 0 Å². The first kappa shape index (κ1) is 13.9. The van der Waals surface area contributed by atoms with Gasteiger partial charge in [0.25, 0.3) is 5.91 Å². The average molecular weight is 270 g/mol. The van der Waals surface area contributed by atoms with Gasteiger partial charge in [0.2, 0.25) is 0 Å². The van der Waals surface area contributed by atoms with Crippen molar-refractivity contribution in [1.82, 2.24) is 0 Å². The fraction of sp³-hybridized carbons (Fsp3) is 0.188. The number of methoxy groups -OCH3 is 1. The molecule has 0 saturated heterocycles. The number of carbonyl (C=O) groups excluding carboxylic acids is 1. The monoisotopic (exact) mass is 270 g/mol. The number of nitrogens with two attached hydrogens (primary N) is 1. The second-order valence-electron chi connectivity index (χ2n) is 4.79. The molecule has 2 aromatic rings. The number of benzene rings is 2. The van der Waals surface area contributed by atoms with E-state index in [4.69, 9.17) is 10.5 Å². The van der Waals surface area contributed by atoms with Crippen molar-refractivity contribution in [1.29, 1.82) is 0 Å². The third-order valence-electron chi connectivity index (χ3n) is 2.96. The first-order chi connectivity index (χ1) is 9.49. The fourth-order valence-electron chi connectivity index (χ4n) is 2.12. The topological polar surface area (TPSA) is 64.3 Å². The molecule has 20 heavy (non-hydrogen) atoms. The summed E-state index contributed by atoms with van der Waals surface area (Å²) >= 11 is 0. The molecule has 0 spiro atoms. The number of rotatable bonds is 3. The van der Waals surface area contributed by atoms with Crippen molar-refractivity contribution >= 4 is 17.3 Å². The Morgan fingerprint density at radius 3 is 2.35 bits per heavy atom. The largest absolute Gasteiger partial charge is 0.495 e. The Hall–Kier alpha value is -2.49. The maximum absolute atomic E-state index is 12.3. The van der Waals surface area contributed by atoms with E-state index in [1.54, 1.807) is 25.3 Å². The van der Waals surface area contributed by atoms with Crippen molar-refractivity contribution in [2.75, 3.05) is 18.2 Å². The SMILES string of the molecule is COc1ccc(N)cc1NC(=O)c1cc(C)cc(C)c1.